The van der Waals surface area contributed by atoms with E-state index in [4.69, 9.17) is 16.3 Å². The van der Waals surface area contributed by atoms with Crippen LogP contribution in [-0.4, -0.2) is 37.5 Å². The molecule has 0 amide bonds. The molecule has 0 radical (unpaired) electrons. The van der Waals surface area contributed by atoms with E-state index in [0.29, 0.717) is 33.7 Å². The van der Waals surface area contributed by atoms with E-state index in [-0.39, 0.29) is 5.56 Å². The average molecular weight is 422 g/mol. The lowest BCUT2D eigenvalue weighted by Crippen LogP contribution is -2.29. The third-order valence-corrected chi connectivity index (χ3v) is 5.38. The summed E-state index contributed by atoms with van der Waals surface area (Å²) in [7, 11) is 1.60. The molecule has 4 aromatic rings. The Morgan fingerprint density at radius 2 is 2.03 bits per heavy atom. The number of hydrogen-bond acceptors (Lipinski definition) is 7. The van der Waals surface area contributed by atoms with E-state index in [2.05, 4.69) is 31.0 Å². The number of fused-ring (bicyclic) bond motifs is 2. The number of nitrogens with zero attached hydrogens (tertiary/aromatic N) is 5. The molecule has 1 aliphatic rings. The third kappa shape index (κ3) is 2.74. The van der Waals surface area contributed by atoms with E-state index in [9.17, 15) is 4.79 Å². The fourth-order valence-corrected chi connectivity index (χ4v) is 4.04. The van der Waals surface area contributed by atoms with Crippen molar-refractivity contribution in [2.45, 2.75) is 13.0 Å². The zero-order chi connectivity index (χ0) is 20.8. The Labute approximate surface area is 175 Å². The quantitative estimate of drug-likeness (QED) is 0.460. The minimum absolute atomic E-state index is 0.340. The lowest BCUT2D eigenvalue weighted by atomic mass is 9.91. The number of halogens is 1. The highest BCUT2D eigenvalue weighted by atomic mass is 35.5. The van der Waals surface area contributed by atoms with E-state index in [1.54, 1.807) is 17.9 Å². The summed E-state index contributed by atoms with van der Waals surface area (Å²) in [5.74, 6) is 1.00. The van der Waals surface area contributed by atoms with Gasteiger partial charge in [-0.3, -0.25) is 4.79 Å². The summed E-state index contributed by atoms with van der Waals surface area (Å²) in [5.41, 5.74) is 3.78. The van der Waals surface area contributed by atoms with Gasteiger partial charge >= 0.3 is 0 Å². The van der Waals surface area contributed by atoms with Gasteiger partial charge in [-0.1, -0.05) is 41.0 Å². The molecule has 0 fully saturated rings. The van der Waals surface area contributed by atoms with Crippen LogP contribution in [0, 0.1) is 6.92 Å². The number of tetrazole rings is 1. The van der Waals surface area contributed by atoms with Crippen LogP contribution in [0.1, 0.15) is 22.7 Å². The molecular weight excluding hydrogens is 406 g/mol. The Balaban J connectivity index is 1.86. The first-order valence-corrected chi connectivity index (χ1v) is 9.53. The van der Waals surface area contributed by atoms with Gasteiger partial charge in [-0.25, -0.2) is 5.10 Å². The highest BCUT2D eigenvalue weighted by Gasteiger charge is 2.36. The summed E-state index contributed by atoms with van der Waals surface area (Å²) in [6.07, 6.45) is 0. The summed E-state index contributed by atoms with van der Waals surface area (Å²) < 4.78 is 7.22. The molecule has 0 aliphatic carbocycles. The Bertz CT molecular complexity index is 1330. The van der Waals surface area contributed by atoms with Crippen molar-refractivity contribution in [3.8, 4) is 17.0 Å². The van der Waals surface area contributed by atoms with Gasteiger partial charge in [0, 0.05) is 21.7 Å². The normalized spacial score (nSPS) is 14.6. The first-order chi connectivity index (χ1) is 14.6. The van der Waals surface area contributed by atoms with Crippen molar-refractivity contribution in [2.75, 3.05) is 12.4 Å². The molecule has 0 saturated carbocycles. The smallest absolute Gasteiger partial charge is 0.288 e. The average Bonchev–Trinajstić information content (AvgIpc) is 3.22. The molecule has 5 rings (SSSR count). The van der Waals surface area contributed by atoms with Gasteiger partial charge < -0.3 is 10.1 Å². The number of ether oxygens (including phenoxy) is 1. The maximum absolute atomic E-state index is 12.7. The fourth-order valence-electron chi connectivity index (χ4n) is 3.82. The Morgan fingerprint density at radius 3 is 2.83 bits per heavy atom. The minimum Gasteiger partial charge on any atom is -0.496 e. The van der Waals surface area contributed by atoms with Crippen LogP contribution < -0.4 is 15.6 Å². The third-order valence-electron chi connectivity index (χ3n) is 5.15. The number of aryl methyl sites for hydroxylation is 1. The van der Waals surface area contributed by atoms with Gasteiger partial charge in [0.2, 0.25) is 5.95 Å². The van der Waals surface area contributed by atoms with E-state index >= 15 is 0 Å². The second kappa shape index (κ2) is 6.96. The Hall–Kier alpha value is -3.72. The minimum atomic E-state index is -0.526. The predicted octanol–water partition coefficient (Wildman–Crippen LogP) is 3.09. The standard InChI is InChI=1S/C20H16ClN7O2/c1-10-9-11(21)7-8-12(10)16-15-17(19(29)24-23-16)22-20-25-26-27-28(20)18(15)13-5-3-4-6-14(13)30-2/h3-9,18H,1-2H3,(H,24,29)(H,22,25,27)/t18-/m0/s1. The van der Waals surface area contributed by atoms with Crippen molar-refractivity contribution in [1.29, 1.82) is 0 Å². The van der Waals surface area contributed by atoms with Crippen LogP contribution in [0.25, 0.3) is 11.3 Å². The molecule has 2 aromatic carbocycles. The van der Waals surface area contributed by atoms with Crippen molar-refractivity contribution in [3.05, 3.63) is 74.5 Å². The number of methoxy groups -OCH3 is 1. The number of H-pyrrole nitrogens is 1. The van der Waals surface area contributed by atoms with E-state index in [0.717, 1.165) is 16.7 Å². The Kier molecular flexibility index (Phi) is 4.25. The van der Waals surface area contributed by atoms with E-state index in [1.165, 1.54) is 0 Å². The van der Waals surface area contributed by atoms with Crippen molar-refractivity contribution in [3.63, 3.8) is 0 Å². The zero-order valence-electron chi connectivity index (χ0n) is 16.0. The molecule has 3 heterocycles. The van der Waals surface area contributed by atoms with Gasteiger partial charge in [-0.2, -0.15) is 9.78 Å². The van der Waals surface area contributed by atoms with Gasteiger partial charge in [-0.15, -0.1) is 0 Å². The molecule has 2 N–H and O–H groups in total. The van der Waals surface area contributed by atoms with Gasteiger partial charge in [0.25, 0.3) is 5.56 Å². The van der Waals surface area contributed by atoms with Crippen molar-refractivity contribution >= 4 is 23.2 Å². The largest absolute Gasteiger partial charge is 0.496 e. The van der Waals surface area contributed by atoms with Crippen LogP contribution in [-0.2, 0) is 0 Å². The Morgan fingerprint density at radius 1 is 1.20 bits per heavy atom. The molecule has 1 aliphatic heterocycles. The predicted molar refractivity (Wildman–Crippen MR) is 111 cm³/mol. The molecule has 30 heavy (non-hydrogen) atoms. The number of hydrogen-bond donors (Lipinski definition) is 2. The van der Waals surface area contributed by atoms with Crippen molar-refractivity contribution < 1.29 is 4.74 Å². The summed E-state index contributed by atoms with van der Waals surface area (Å²) >= 11 is 6.15. The molecule has 0 unspecified atom stereocenters. The zero-order valence-corrected chi connectivity index (χ0v) is 16.8. The molecule has 0 spiro atoms. The van der Waals surface area contributed by atoms with Crippen molar-refractivity contribution in [1.82, 2.24) is 30.4 Å². The molecule has 1 atom stereocenters. The lowest BCUT2D eigenvalue weighted by Gasteiger charge is -2.28. The summed E-state index contributed by atoms with van der Waals surface area (Å²) in [5, 5.41) is 22.6. The van der Waals surface area contributed by atoms with Crippen molar-refractivity contribution in [2.24, 2.45) is 0 Å². The van der Waals surface area contributed by atoms with Gasteiger partial charge in [0.1, 0.15) is 17.5 Å². The number of aromatic nitrogens is 6. The maximum Gasteiger partial charge on any atom is 0.288 e. The van der Waals surface area contributed by atoms with Crippen LogP contribution >= 0.6 is 11.6 Å². The number of para-hydroxylation sites is 1. The second-order valence-electron chi connectivity index (χ2n) is 6.87. The highest BCUT2D eigenvalue weighted by Crippen LogP contribution is 2.44. The lowest BCUT2D eigenvalue weighted by molar-refractivity contribution is 0.402. The van der Waals surface area contributed by atoms with Gasteiger partial charge in [0.05, 0.1) is 12.8 Å². The molecule has 0 saturated heterocycles. The SMILES string of the molecule is COc1ccccc1[C@H]1c2c(-c3ccc(Cl)cc3C)n[nH]c(=O)c2Nc2nnnn21. The molecule has 10 heteroatoms. The molecule has 150 valence electrons. The van der Waals surface area contributed by atoms with Crippen LogP contribution in [0.3, 0.4) is 0 Å². The number of anilines is 2. The fraction of sp³-hybridized carbons (Fsp3) is 0.150. The molecular formula is C20H16ClN7O2. The maximum atomic E-state index is 12.7. The number of nitrogens with one attached hydrogen (secondary N) is 2. The number of benzene rings is 2. The summed E-state index contributed by atoms with van der Waals surface area (Å²) in [6, 6.07) is 12.6. The van der Waals surface area contributed by atoms with Gasteiger partial charge in [0.15, 0.2) is 0 Å². The highest BCUT2D eigenvalue weighted by molar-refractivity contribution is 6.30. The molecule has 2 aromatic heterocycles. The first-order valence-electron chi connectivity index (χ1n) is 9.15. The van der Waals surface area contributed by atoms with Crippen LogP contribution in [0.2, 0.25) is 5.02 Å². The molecule has 0 bridgehead atoms. The first kappa shape index (κ1) is 18.3. The number of aromatic amines is 1. The van der Waals surface area contributed by atoms with E-state index in [1.807, 2.05) is 43.3 Å². The van der Waals surface area contributed by atoms with Gasteiger partial charge in [-0.05, 0) is 41.1 Å². The molecule has 9 nitrogen and oxygen atoms in total. The van der Waals surface area contributed by atoms with Crippen LogP contribution in [0.5, 0.6) is 5.75 Å². The van der Waals surface area contributed by atoms with Crippen LogP contribution in [0.4, 0.5) is 11.6 Å². The summed E-state index contributed by atoms with van der Waals surface area (Å²) in [6.45, 7) is 1.94. The van der Waals surface area contributed by atoms with E-state index < -0.39 is 6.04 Å². The summed E-state index contributed by atoms with van der Waals surface area (Å²) in [4.78, 5) is 12.7. The monoisotopic (exact) mass is 421 g/mol. The second-order valence-corrected chi connectivity index (χ2v) is 7.30. The van der Waals surface area contributed by atoms with Crippen LogP contribution in [0.15, 0.2) is 47.3 Å². The number of rotatable bonds is 3. The topological polar surface area (TPSA) is 111 Å².